The van der Waals surface area contributed by atoms with Crippen molar-refractivity contribution in [3.05, 3.63) is 28.4 Å². The summed E-state index contributed by atoms with van der Waals surface area (Å²) in [7, 11) is 0. The third-order valence-corrected chi connectivity index (χ3v) is 2.21. The highest BCUT2D eigenvalue weighted by Crippen LogP contribution is 2.14. The fourth-order valence-electron chi connectivity index (χ4n) is 0.893. The molecule has 0 saturated carbocycles. The molecule has 0 aromatic carbocycles. The number of nitrogens with zero attached hydrogens (tertiary/aromatic N) is 3. The van der Waals surface area contributed by atoms with Crippen molar-refractivity contribution < 1.29 is 0 Å². The SMILES string of the molecule is Ic1nncc2cnccc12. The minimum absolute atomic E-state index is 0.919. The highest BCUT2D eigenvalue weighted by Gasteiger charge is 1.97. The molecule has 0 aliphatic carbocycles. The Morgan fingerprint density at radius 1 is 1.27 bits per heavy atom. The van der Waals surface area contributed by atoms with Gasteiger partial charge in [0.15, 0.2) is 0 Å². The zero-order valence-electron chi connectivity index (χ0n) is 5.53. The van der Waals surface area contributed by atoms with Gasteiger partial charge in [-0.1, -0.05) is 0 Å². The minimum atomic E-state index is 0.919. The standard InChI is InChI=1S/C7H4IN3/c8-7-6-1-2-9-3-5(6)4-10-11-7/h1-4H. The van der Waals surface area contributed by atoms with E-state index in [0.717, 1.165) is 14.5 Å². The molecule has 0 N–H and O–H groups in total. The average molecular weight is 257 g/mol. The summed E-state index contributed by atoms with van der Waals surface area (Å²) in [5, 5.41) is 9.87. The molecule has 0 radical (unpaired) electrons. The molecule has 0 saturated heterocycles. The van der Waals surface area contributed by atoms with E-state index in [-0.39, 0.29) is 0 Å². The fraction of sp³-hybridized carbons (Fsp3) is 0. The van der Waals surface area contributed by atoms with Crippen LogP contribution in [0.5, 0.6) is 0 Å². The van der Waals surface area contributed by atoms with Crippen LogP contribution in [0, 0.1) is 3.70 Å². The lowest BCUT2D eigenvalue weighted by atomic mass is 10.3. The first kappa shape index (κ1) is 6.90. The molecule has 11 heavy (non-hydrogen) atoms. The molecule has 0 unspecified atom stereocenters. The van der Waals surface area contributed by atoms with Crippen LogP contribution in [0.25, 0.3) is 10.8 Å². The van der Waals surface area contributed by atoms with Crippen molar-refractivity contribution in [1.82, 2.24) is 15.2 Å². The van der Waals surface area contributed by atoms with Crippen LogP contribution >= 0.6 is 22.6 Å². The van der Waals surface area contributed by atoms with Gasteiger partial charge in [0.25, 0.3) is 0 Å². The Morgan fingerprint density at radius 3 is 3.00 bits per heavy atom. The molecule has 0 amide bonds. The molecule has 3 nitrogen and oxygen atoms in total. The predicted octanol–water partition coefficient (Wildman–Crippen LogP) is 1.63. The molecule has 2 aromatic rings. The summed E-state index contributed by atoms with van der Waals surface area (Å²) in [6.45, 7) is 0. The molecule has 0 spiro atoms. The summed E-state index contributed by atoms with van der Waals surface area (Å²) >= 11 is 2.16. The zero-order chi connectivity index (χ0) is 7.68. The topological polar surface area (TPSA) is 38.7 Å². The van der Waals surface area contributed by atoms with Gasteiger partial charge >= 0.3 is 0 Å². The largest absolute Gasteiger partial charge is 0.264 e. The van der Waals surface area contributed by atoms with Crippen LogP contribution in [-0.4, -0.2) is 15.2 Å². The van der Waals surface area contributed by atoms with E-state index >= 15 is 0 Å². The Hall–Kier alpha value is -0.780. The highest BCUT2D eigenvalue weighted by molar-refractivity contribution is 14.1. The summed E-state index contributed by atoms with van der Waals surface area (Å²) in [5.41, 5.74) is 0. The van der Waals surface area contributed by atoms with E-state index in [9.17, 15) is 0 Å². The molecule has 2 rings (SSSR count). The Bertz CT molecular complexity index is 383. The van der Waals surface area contributed by atoms with Gasteiger partial charge in [0.1, 0.15) is 3.70 Å². The number of pyridine rings is 1. The first-order chi connectivity index (χ1) is 5.38. The quantitative estimate of drug-likeness (QED) is 0.673. The summed E-state index contributed by atoms with van der Waals surface area (Å²) in [4.78, 5) is 3.98. The molecular formula is C7H4IN3. The molecule has 0 aliphatic heterocycles. The van der Waals surface area contributed by atoms with E-state index < -0.39 is 0 Å². The van der Waals surface area contributed by atoms with Crippen LogP contribution in [0.1, 0.15) is 0 Å². The highest BCUT2D eigenvalue weighted by atomic mass is 127. The lowest BCUT2D eigenvalue weighted by Gasteiger charge is -1.94. The number of aromatic nitrogens is 3. The van der Waals surface area contributed by atoms with E-state index in [2.05, 4.69) is 37.8 Å². The van der Waals surface area contributed by atoms with Gasteiger partial charge in [-0.15, -0.1) is 5.10 Å². The van der Waals surface area contributed by atoms with Crippen LogP contribution in [0.4, 0.5) is 0 Å². The third kappa shape index (κ3) is 1.18. The van der Waals surface area contributed by atoms with Crippen molar-refractivity contribution in [2.45, 2.75) is 0 Å². The molecule has 2 aromatic heterocycles. The zero-order valence-corrected chi connectivity index (χ0v) is 7.69. The van der Waals surface area contributed by atoms with Crippen molar-refractivity contribution in [2.75, 3.05) is 0 Å². The second-order valence-electron chi connectivity index (χ2n) is 2.10. The fourth-order valence-corrected chi connectivity index (χ4v) is 1.51. The maximum atomic E-state index is 3.98. The molecule has 0 bridgehead atoms. The van der Waals surface area contributed by atoms with E-state index in [1.807, 2.05) is 6.07 Å². The normalized spacial score (nSPS) is 10.3. The van der Waals surface area contributed by atoms with Crippen molar-refractivity contribution in [2.24, 2.45) is 0 Å². The number of hydrogen-bond donors (Lipinski definition) is 0. The monoisotopic (exact) mass is 257 g/mol. The van der Waals surface area contributed by atoms with E-state index in [1.54, 1.807) is 18.6 Å². The molecule has 0 fully saturated rings. The predicted molar refractivity (Wildman–Crippen MR) is 50.1 cm³/mol. The Morgan fingerprint density at radius 2 is 2.18 bits per heavy atom. The van der Waals surface area contributed by atoms with Gasteiger partial charge in [-0.2, -0.15) is 5.10 Å². The average Bonchev–Trinajstić information content (AvgIpc) is 2.06. The molecule has 0 atom stereocenters. The molecule has 4 heteroatoms. The smallest absolute Gasteiger partial charge is 0.131 e. The van der Waals surface area contributed by atoms with Gasteiger partial charge in [0.05, 0.1) is 6.20 Å². The van der Waals surface area contributed by atoms with Crippen LogP contribution in [-0.2, 0) is 0 Å². The van der Waals surface area contributed by atoms with Crippen molar-refractivity contribution in [1.29, 1.82) is 0 Å². The van der Waals surface area contributed by atoms with Crippen molar-refractivity contribution in [3.8, 4) is 0 Å². The van der Waals surface area contributed by atoms with Gasteiger partial charge in [0.2, 0.25) is 0 Å². The molecule has 0 aliphatic rings. The Kier molecular flexibility index (Phi) is 1.69. The van der Waals surface area contributed by atoms with Crippen molar-refractivity contribution in [3.63, 3.8) is 0 Å². The molecule has 54 valence electrons. The van der Waals surface area contributed by atoms with Gasteiger partial charge in [-0.3, -0.25) is 4.98 Å². The first-order valence-electron chi connectivity index (χ1n) is 3.09. The van der Waals surface area contributed by atoms with Gasteiger partial charge in [-0.25, -0.2) is 0 Å². The molecular weight excluding hydrogens is 253 g/mol. The first-order valence-corrected chi connectivity index (χ1v) is 4.17. The third-order valence-electron chi connectivity index (χ3n) is 1.42. The van der Waals surface area contributed by atoms with Crippen molar-refractivity contribution >= 4 is 33.4 Å². The summed E-state index contributed by atoms with van der Waals surface area (Å²) in [5.74, 6) is 0. The maximum Gasteiger partial charge on any atom is 0.131 e. The Labute approximate surface area is 77.0 Å². The minimum Gasteiger partial charge on any atom is -0.264 e. The van der Waals surface area contributed by atoms with Crippen LogP contribution in [0.3, 0.4) is 0 Å². The molecule has 2 heterocycles. The van der Waals surface area contributed by atoms with Crippen LogP contribution < -0.4 is 0 Å². The number of rotatable bonds is 0. The number of hydrogen-bond acceptors (Lipinski definition) is 3. The Balaban J connectivity index is 2.91. The second kappa shape index (κ2) is 2.69. The summed E-state index contributed by atoms with van der Waals surface area (Å²) in [6.07, 6.45) is 5.25. The summed E-state index contributed by atoms with van der Waals surface area (Å²) < 4.78 is 0.919. The lowest BCUT2D eigenvalue weighted by Crippen LogP contribution is -1.87. The number of fused-ring (bicyclic) bond motifs is 1. The van der Waals surface area contributed by atoms with E-state index in [0.29, 0.717) is 0 Å². The van der Waals surface area contributed by atoms with Crippen LogP contribution in [0.2, 0.25) is 0 Å². The summed E-state index contributed by atoms with van der Waals surface area (Å²) in [6, 6.07) is 1.94. The van der Waals surface area contributed by atoms with Crippen LogP contribution in [0.15, 0.2) is 24.7 Å². The van der Waals surface area contributed by atoms with E-state index in [4.69, 9.17) is 0 Å². The van der Waals surface area contributed by atoms with Gasteiger partial charge in [0, 0.05) is 23.2 Å². The van der Waals surface area contributed by atoms with E-state index in [1.165, 1.54) is 0 Å². The maximum absolute atomic E-state index is 3.98. The number of halogens is 1. The van der Waals surface area contributed by atoms with Gasteiger partial charge in [-0.05, 0) is 28.7 Å². The second-order valence-corrected chi connectivity index (χ2v) is 3.12. The van der Waals surface area contributed by atoms with Gasteiger partial charge < -0.3 is 0 Å². The lowest BCUT2D eigenvalue weighted by molar-refractivity contribution is 1.02.